The van der Waals surface area contributed by atoms with Gasteiger partial charge >= 0.3 is 6.03 Å². The molecule has 2 amide bonds. The van der Waals surface area contributed by atoms with Gasteiger partial charge in [0.05, 0.1) is 17.2 Å². The van der Waals surface area contributed by atoms with E-state index in [9.17, 15) is 4.79 Å². The summed E-state index contributed by atoms with van der Waals surface area (Å²) in [5, 5.41) is 9.08. The first-order valence-corrected chi connectivity index (χ1v) is 8.30. The van der Waals surface area contributed by atoms with Crippen LogP contribution in [0.25, 0.3) is 0 Å². The first kappa shape index (κ1) is 13.8. The van der Waals surface area contributed by atoms with Gasteiger partial charge in [0.25, 0.3) is 0 Å². The maximum absolute atomic E-state index is 12.0. The molecule has 0 spiro atoms. The molecule has 1 aromatic rings. The molecule has 0 aliphatic carbocycles. The highest BCUT2D eigenvalue weighted by Crippen LogP contribution is 2.26. The van der Waals surface area contributed by atoms with Crippen molar-refractivity contribution in [3.05, 3.63) is 16.1 Å². The molecule has 2 aliphatic rings. The van der Waals surface area contributed by atoms with E-state index in [2.05, 4.69) is 20.5 Å². The maximum Gasteiger partial charge on any atom is 0.315 e. The monoisotopic (exact) mass is 294 g/mol. The van der Waals surface area contributed by atoms with E-state index in [1.165, 1.54) is 25.8 Å². The number of rotatable bonds is 3. The number of urea groups is 1. The van der Waals surface area contributed by atoms with E-state index in [4.69, 9.17) is 0 Å². The van der Waals surface area contributed by atoms with Crippen LogP contribution in [0.15, 0.2) is 5.38 Å². The Balaban J connectivity index is 1.46. The van der Waals surface area contributed by atoms with E-state index in [1.807, 2.05) is 12.3 Å². The van der Waals surface area contributed by atoms with Crippen molar-refractivity contribution >= 4 is 17.4 Å². The molecule has 2 saturated heterocycles. The fraction of sp³-hybridized carbons (Fsp3) is 0.714. The standard InChI is InChI=1S/C14H22N4OS/c1-10-16-11(9-20-10)8-15-14(19)17-12-5-7-18-6-3-2-4-13(12)18/h9,12-13H,2-8H2,1H3,(H2,15,17,19). The lowest BCUT2D eigenvalue weighted by Crippen LogP contribution is -2.49. The number of aromatic nitrogens is 1. The van der Waals surface area contributed by atoms with Crippen molar-refractivity contribution in [2.45, 2.75) is 51.2 Å². The minimum atomic E-state index is -0.0620. The van der Waals surface area contributed by atoms with E-state index in [0.717, 1.165) is 23.7 Å². The van der Waals surface area contributed by atoms with Gasteiger partial charge in [-0.15, -0.1) is 11.3 Å². The molecule has 3 rings (SSSR count). The summed E-state index contributed by atoms with van der Waals surface area (Å²) in [5.41, 5.74) is 0.938. The fourth-order valence-corrected chi connectivity index (χ4v) is 3.91. The van der Waals surface area contributed by atoms with Crippen LogP contribution < -0.4 is 10.6 Å². The largest absolute Gasteiger partial charge is 0.334 e. The number of thiazole rings is 1. The summed E-state index contributed by atoms with van der Waals surface area (Å²) in [6.45, 7) is 4.81. The van der Waals surface area contributed by atoms with Gasteiger partial charge in [-0.05, 0) is 32.7 Å². The molecule has 2 unspecified atom stereocenters. The smallest absolute Gasteiger partial charge is 0.315 e. The zero-order chi connectivity index (χ0) is 13.9. The summed E-state index contributed by atoms with van der Waals surface area (Å²) >= 11 is 1.61. The third-order valence-electron chi connectivity index (χ3n) is 4.27. The quantitative estimate of drug-likeness (QED) is 0.895. The van der Waals surface area contributed by atoms with Gasteiger partial charge in [0.1, 0.15) is 0 Å². The number of nitrogens with one attached hydrogen (secondary N) is 2. The van der Waals surface area contributed by atoms with Gasteiger partial charge in [-0.1, -0.05) is 6.42 Å². The molecule has 2 N–H and O–H groups in total. The molecule has 2 aliphatic heterocycles. The molecule has 2 fully saturated rings. The van der Waals surface area contributed by atoms with Crippen molar-refractivity contribution in [2.75, 3.05) is 13.1 Å². The van der Waals surface area contributed by atoms with Crippen LogP contribution in [0.3, 0.4) is 0 Å². The summed E-state index contributed by atoms with van der Waals surface area (Å²) in [4.78, 5) is 18.9. The number of carbonyl (C=O) groups excluding carboxylic acids is 1. The van der Waals surface area contributed by atoms with Gasteiger partial charge in [0, 0.05) is 24.0 Å². The third-order valence-corrected chi connectivity index (χ3v) is 5.09. The number of hydrogen-bond donors (Lipinski definition) is 2. The molecule has 2 atom stereocenters. The molecule has 3 heterocycles. The van der Waals surface area contributed by atoms with Crippen LogP contribution in [0, 0.1) is 6.92 Å². The zero-order valence-corrected chi connectivity index (χ0v) is 12.7. The number of hydrogen-bond acceptors (Lipinski definition) is 4. The minimum Gasteiger partial charge on any atom is -0.334 e. The van der Waals surface area contributed by atoms with Crippen LogP contribution in [-0.4, -0.2) is 41.1 Å². The highest BCUT2D eigenvalue weighted by Gasteiger charge is 2.36. The summed E-state index contributed by atoms with van der Waals surface area (Å²) in [6, 6.07) is 0.802. The third kappa shape index (κ3) is 3.12. The van der Waals surface area contributed by atoms with Crippen LogP contribution in [0.5, 0.6) is 0 Å². The summed E-state index contributed by atoms with van der Waals surface area (Å²) in [6.07, 6.45) is 4.89. The van der Waals surface area contributed by atoms with Gasteiger partial charge in [-0.25, -0.2) is 9.78 Å². The lowest BCUT2D eigenvalue weighted by molar-refractivity contribution is 0.179. The Morgan fingerprint density at radius 2 is 2.35 bits per heavy atom. The van der Waals surface area contributed by atoms with Gasteiger partial charge < -0.3 is 10.6 Å². The van der Waals surface area contributed by atoms with Crippen molar-refractivity contribution in [1.29, 1.82) is 0 Å². The maximum atomic E-state index is 12.0. The summed E-state index contributed by atoms with van der Waals surface area (Å²) in [5.74, 6) is 0. The number of piperidine rings is 1. The van der Waals surface area contributed by atoms with Gasteiger partial charge in [-0.3, -0.25) is 4.90 Å². The molecule has 1 aromatic heterocycles. The van der Waals surface area contributed by atoms with Crippen LogP contribution in [0.1, 0.15) is 36.4 Å². The normalized spacial score (nSPS) is 26.2. The van der Waals surface area contributed by atoms with Crippen LogP contribution in [-0.2, 0) is 6.54 Å². The second-order valence-corrected chi connectivity index (χ2v) is 6.74. The lowest BCUT2D eigenvalue weighted by atomic mass is 9.99. The molecule has 0 radical (unpaired) electrons. The molecule has 20 heavy (non-hydrogen) atoms. The predicted molar refractivity (Wildman–Crippen MR) is 79.8 cm³/mol. The summed E-state index contributed by atoms with van der Waals surface area (Å²) < 4.78 is 0. The zero-order valence-electron chi connectivity index (χ0n) is 11.9. The van der Waals surface area contributed by atoms with Gasteiger partial charge in [-0.2, -0.15) is 0 Å². The van der Waals surface area contributed by atoms with Gasteiger partial charge in [0.2, 0.25) is 0 Å². The fourth-order valence-electron chi connectivity index (χ4n) is 3.30. The highest BCUT2D eigenvalue weighted by molar-refractivity contribution is 7.09. The predicted octanol–water partition coefficient (Wildman–Crippen LogP) is 1.88. The van der Waals surface area contributed by atoms with E-state index in [0.29, 0.717) is 18.6 Å². The number of amides is 2. The van der Waals surface area contributed by atoms with Crippen molar-refractivity contribution in [1.82, 2.24) is 20.5 Å². The molecular weight excluding hydrogens is 272 g/mol. The van der Waals surface area contributed by atoms with E-state index >= 15 is 0 Å². The van der Waals surface area contributed by atoms with E-state index in [1.54, 1.807) is 11.3 Å². The lowest BCUT2D eigenvalue weighted by Gasteiger charge is -2.32. The number of nitrogens with zero attached hydrogens (tertiary/aromatic N) is 2. The number of carbonyl (C=O) groups is 1. The number of fused-ring (bicyclic) bond motifs is 1. The highest BCUT2D eigenvalue weighted by atomic mass is 32.1. The van der Waals surface area contributed by atoms with Crippen LogP contribution in [0.4, 0.5) is 4.79 Å². The molecule has 0 bridgehead atoms. The van der Waals surface area contributed by atoms with Crippen molar-refractivity contribution in [3.8, 4) is 0 Å². The molecule has 5 nitrogen and oxygen atoms in total. The Kier molecular flexibility index (Phi) is 4.21. The average molecular weight is 294 g/mol. The Bertz CT molecular complexity index is 475. The molecular formula is C14H22N4OS. The second kappa shape index (κ2) is 6.10. The Labute approximate surface area is 123 Å². The Morgan fingerprint density at radius 1 is 1.45 bits per heavy atom. The Morgan fingerprint density at radius 3 is 3.15 bits per heavy atom. The molecule has 110 valence electrons. The molecule has 6 heteroatoms. The first-order valence-electron chi connectivity index (χ1n) is 7.42. The minimum absolute atomic E-state index is 0.0620. The van der Waals surface area contributed by atoms with E-state index in [-0.39, 0.29) is 6.03 Å². The number of aryl methyl sites for hydroxylation is 1. The van der Waals surface area contributed by atoms with Crippen molar-refractivity contribution in [2.24, 2.45) is 0 Å². The van der Waals surface area contributed by atoms with Crippen molar-refractivity contribution < 1.29 is 4.79 Å². The topological polar surface area (TPSA) is 57.3 Å². The summed E-state index contributed by atoms with van der Waals surface area (Å²) in [7, 11) is 0. The van der Waals surface area contributed by atoms with Crippen molar-refractivity contribution in [3.63, 3.8) is 0 Å². The SMILES string of the molecule is Cc1nc(CNC(=O)NC2CCN3CCCCC23)cs1. The van der Waals surface area contributed by atoms with E-state index < -0.39 is 0 Å². The Hall–Kier alpha value is -1.14. The second-order valence-electron chi connectivity index (χ2n) is 5.68. The molecule has 0 aromatic carbocycles. The van der Waals surface area contributed by atoms with Gasteiger partial charge in [0.15, 0.2) is 0 Å². The molecule has 0 saturated carbocycles. The average Bonchev–Trinajstić information content (AvgIpc) is 3.04. The first-order chi connectivity index (χ1) is 9.72. The van der Waals surface area contributed by atoms with Crippen LogP contribution in [0.2, 0.25) is 0 Å². The van der Waals surface area contributed by atoms with Crippen LogP contribution >= 0.6 is 11.3 Å².